The molecule has 0 aliphatic rings. The van der Waals surface area contributed by atoms with Gasteiger partial charge in [-0.05, 0) is 6.92 Å². The molecule has 0 spiro atoms. The van der Waals surface area contributed by atoms with Crippen molar-refractivity contribution in [3.05, 3.63) is 5.82 Å². The largest absolute Gasteiger partial charge is 0.467 e. The van der Waals surface area contributed by atoms with Gasteiger partial charge in [0.2, 0.25) is 5.13 Å². The van der Waals surface area contributed by atoms with E-state index in [1.54, 1.807) is 6.92 Å². The summed E-state index contributed by atoms with van der Waals surface area (Å²) in [4.78, 5) is 15.1. The van der Waals surface area contributed by atoms with Crippen LogP contribution in [0.2, 0.25) is 0 Å². The average Bonchev–Trinajstić information content (AvgIpc) is 2.59. The minimum Gasteiger partial charge on any atom is -0.467 e. The molecule has 78 valence electrons. The fourth-order valence-corrected chi connectivity index (χ4v) is 1.45. The minimum absolute atomic E-state index is 0.342. The van der Waals surface area contributed by atoms with Crippen molar-refractivity contribution in [1.29, 1.82) is 0 Å². The minimum atomic E-state index is -0.785. The number of aromatic nitrogens is 2. The second kappa shape index (κ2) is 4.87. The van der Waals surface area contributed by atoms with Gasteiger partial charge in [0.1, 0.15) is 11.9 Å². The molecular formula is C7H11N3O3S. The summed E-state index contributed by atoms with van der Waals surface area (Å²) in [5, 5.41) is 12.1. The highest BCUT2D eigenvalue weighted by atomic mass is 32.1. The summed E-state index contributed by atoms with van der Waals surface area (Å²) in [6, 6.07) is -0.785. The smallest absolute Gasteiger partial charge is 0.330 e. The Labute approximate surface area is 85.1 Å². The maximum absolute atomic E-state index is 11.1. The van der Waals surface area contributed by atoms with Crippen LogP contribution in [0.3, 0.4) is 0 Å². The highest BCUT2D eigenvalue weighted by Crippen LogP contribution is 2.11. The third-order valence-corrected chi connectivity index (χ3v) is 2.23. The lowest BCUT2D eigenvalue weighted by Crippen LogP contribution is -2.33. The Morgan fingerprint density at radius 2 is 2.50 bits per heavy atom. The number of nitrogens with zero attached hydrogens (tertiary/aromatic N) is 2. The number of anilines is 1. The molecule has 0 saturated heterocycles. The Balaban J connectivity index is 2.61. The highest BCUT2D eigenvalue weighted by Gasteiger charge is 2.18. The number of aryl methyl sites for hydroxylation is 1. The normalized spacial score (nSPS) is 12.2. The molecule has 0 fully saturated rings. The van der Waals surface area contributed by atoms with Crippen LogP contribution < -0.4 is 5.32 Å². The van der Waals surface area contributed by atoms with Gasteiger partial charge in [-0.3, -0.25) is 0 Å². The van der Waals surface area contributed by atoms with Crippen LogP contribution >= 0.6 is 11.5 Å². The molecule has 2 N–H and O–H groups in total. The molecule has 7 heteroatoms. The fourth-order valence-electron chi connectivity index (χ4n) is 0.826. The Hall–Kier alpha value is -1.21. The van der Waals surface area contributed by atoms with Crippen molar-refractivity contribution in [2.45, 2.75) is 13.0 Å². The van der Waals surface area contributed by atoms with Gasteiger partial charge >= 0.3 is 5.97 Å². The second-order valence-corrected chi connectivity index (χ2v) is 3.30. The summed E-state index contributed by atoms with van der Waals surface area (Å²) in [6.45, 7) is 1.40. The maximum atomic E-state index is 11.1. The van der Waals surface area contributed by atoms with E-state index in [1.807, 2.05) is 0 Å². The third-order valence-electron chi connectivity index (χ3n) is 1.49. The Bertz CT molecular complexity index is 315. The lowest BCUT2D eigenvalue weighted by Gasteiger charge is -2.11. The molecule has 6 nitrogen and oxygen atoms in total. The standard InChI is InChI=1S/C7H11N3O3S/c1-4-8-7(14-10-4)9-5(3-11)6(12)13-2/h5,11H,3H2,1-2H3,(H,8,9,10). The van der Waals surface area contributed by atoms with Crippen LogP contribution in [0.15, 0.2) is 0 Å². The van der Waals surface area contributed by atoms with Gasteiger partial charge in [0.05, 0.1) is 13.7 Å². The number of hydrogen-bond donors (Lipinski definition) is 2. The van der Waals surface area contributed by atoms with Crippen LogP contribution in [0, 0.1) is 6.92 Å². The fraction of sp³-hybridized carbons (Fsp3) is 0.571. The quantitative estimate of drug-likeness (QED) is 0.679. The number of nitrogens with one attached hydrogen (secondary N) is 1. The number of esters is 1. The maximum Gasteiger partial charge on any atom is 0.330 e. The summed E-state index contributed by atoms with van der Waals surface area (Å²) in [5.74, 6) is 0.0967. The third kappa shape index (κ3) is 2.64. The molecule has 1 aromatic heterocycles. The van der Waals surface area contributed by atoms with Crippen LogP contribution in [0.1, 0.15) is 5.82 Å². The second-order valence-electron chi connectivity index (χ2n) is 2.55. The van der Waals surface area contributed by atoms with Crippen molar-refractivity contribution in [2.75, 3.05) is 19.0 Å². The predicted molar refractivity (Wildman–Crippen MR) is 51.2 cm³/mol. The van der Waals surface area contributed by atoms with E-state index in [-0.39, 0.29) is 6.61 Å². The van der Waals surface area contributed by atoms with Gasteiger partial charge in [0.25, 0.3) is 0 Å². The molecule has 1 heterocycles. The molecule has 0 radical (unpaired) electrons. The van der Waals surface area contributed by atoms with Gasteiger partial charge in [0, 0.05) is 11.5 Å². The molecule has 0 saturated carbocycles. The number of aliphatic hydroxyl groups excluding tert-OH is 1. The van der Waals surface area contributed by atoms with E-state index >= 15 is 0 Å². The summed E-state index contributed by atoms with van der Waals surface area (Å²) in [7, 11) is 1.26. The van der Waals surface area contributed by atoms with Gasteiger partial charge in [0.15, 0.2) is 0 Å². The first-order valence-corrected chi connectivity index (χ1v) is 4.70. The van der Waals surface area contributed by atoms with Crippen LogP contribution in [0.5, 0.6) is 0 Å². The van der Waals surface area contributed by atoms with Crippen molar-refractivity contribution in [3.8, 4) is 0 Å². The van der Waals surface area contributed by atoms with Crippen LogP contribution in [-0.2, 0) is 9.53 Å². The lowest BCUT2D eigenvalue weighted by atomic mass is 10.3. The number of hydrogen-bond acceptors (Lipinski definition) is 7. The van der Waals surface area contributed by atoms with E-state index in [0.717, 1.165) is 11.5 Å². The molecule has 1 rings (SSSR count). The van der Waals surface area contributed by atoms with Gasteiger partial charge in [-0.2, -0.15) is 4.37 Å². The molecule has 1 atom stereocenters. The SMILES string of the molecule is COC(=O)C(CO)Nc1nc(C)ns1. The number of aliphatic hydroxyl groups is 1. The van der Waals surface area contributed by atoms with Crippen LogP contribution in [0.25, 0.3) is 0 Å². The van der Waals surface area contributed by atoms with E-state index in [2.05, 4.69) is 19.4 Å². The first-order valence-electron chi connectivity index (χ1n) is 3.93. The molecule has 1 unspecified atom stereocenters. The summed E-state index contributed by atoms with van der Waals surface area (Å²) in [5.41, 5.74) is 0. The molecule has 0 aliphatic carbocycles. The predicted octanol–water partition coefficient (Wildman–Crippen LogP) is -0.208. The zero-order valence-corrected chi connectivity index (χ0v) is 8.67. The first-order chi connectivity index (χ1) is 6.67. The summed E-state index contributed by atoms with van der Waals surface area (Å²) in [6.07, 6.45) is 0. The van der Waals surface area contributed by atoms with E-state index < -0.39 is 12.0 Å². The molecule has 0 amide bonds. The van der Waals surface area contributed by atoms with Crippen molar-refractivity contribution in [2.24, 2.45) is 0 Å². The van der Waals surface area contributed by atoms with E-state index in [4.69, 9.17) is 5.11 Å². The Kier molecular flexibility index (Phi) is 3.78. The van der Waals surface area contributed by atoms with Gasteiger partial charge in [-0.15, -0.1) is 0 Å². The van der Waals surface area contributed by atoms with Crippen molar-refractivity contribution >= 4 is 22.6 Å². The zero-order chi connectivity index (χ0) is 10.6. The number of carbonyl (C=O) groups excluding carboxylic acids is 1. The van der Waals surface area contributed by atoms with E-state index in [1.165, 1.54) is 7.11 Å². The molecule has 0 aromatic carbocycles. The Morgan fingerprint density at radius 3 is 2.93 bits per heavy atom. The van der Waals surface area contributed by atoms with Gasteiger partial charge in [-0.1, -0.05) is 0 Å². The monoisotopic (exact) mass is 217 g/mol. The van der Waals surface area contributed by atoms with Crippen LogP contribution in [-0.4, -0.2) is 40.2 Å². The molecule has 0 bridgehead atoms. The molecule has 14 heavy (non-hydrogen) atoms. The molecule has 0 aliphatic heterocycles. The summed E-state index contributed by atoms with van der Waals surface area (Å²) < 4.78 is 8.40. The van der Waals surface area contributed by atoms with Crippen LogP contribution in [0.4, 0.5) is 5.13 Å². The topological polar surface area (TPSA) is 84.3 Å². The zero-order valence-electron chi connectivity index (χ0n) is 7.85. The highest BCUT2D eigenvalue weighted by molar-refractivity contribution is 7.09. The van der Waals surface area contributed by atoms with Crippen molar-refractivity contribution in [1.82, 2.24) is 9.36 Å². The number of carbonyl (C=O) groups is 1. The lowest BCUT2D eigenvalue weighted by molar-refractivity contribution is -0.142. The molecular weight excluding hydrogens is 206 g/mol. The van der Waals surface area contributed by atoms with E-state index in [9.17, 15) is 4.79 Å². The van der Waals surface area contributed by atoms with Crippen molar-refractivity contribution in [3.63, 3.8) is 0 Å². The number of ether oxygens (including phenoxy) is 1. The summed E-state index contributed by atoms with van der Waals surface area (Å²) >= 11 is 1.13. The van der Waals surface area contributed by atoms with E-state index in [0.29, 0.717) is 11.0 Å². The van der Waals surface area contributed by atoms with Gasteiger partial charge < -0.3 is 15.2 Å². The number of methoxy groups -OCH3 is 1. The Morgan fingerprint density at radius 1 is 1.79 bits per heavy atom. The molecule has 1 aromatic rings. The first kappa shape index (κ1) is 10.9. The van der Waals surface area contributed by atoms with Crippen molar-refractivity contribution < 1.29 is 14.6 Å². The average molecular weight is 217 g/mol. The van der Waals surface area contributed by atoms with Gasteiger partial charge in [-0.25, -0.2) is 9.78 Å². The number of rotatable bonds is 4.